The van der Waals surface area contributed by atoms with Crippen LogP contribution in [-0.2, 0) is 11.3 Å². The lowest BCUT2D eigenvalue weighted by molar-refractivity contribution is -0.137. The Kier molecular flexibility index (Phi) is 7.64. The van der Waals surface area contributed by atoms with Crippen molar-refractivity contribution in [2.75, 3.05) is 13.1 Å². The van der Waals surface area contributed by atoms with Gasteiger partial charge in [-0.2, -0.15) is 0 Å². The SMILES string of the molecule is CCN(Cc1ccc(C(=O)N2CCCCC2CCC(=O)O)cc1)C(C)C. The van der Waals surface area contributed by atoms with Crippen LogP contribution in [0.5, 0.6) is 0 Å². The number of carboxylic acids is 1. The Labute approximate surface area is 157 Å². The van der Waals surface area contributed by atoms with Gasteiger partial charge in [0.25, 0.3) is 5.91 Å². The molecule has 5 nitrogen and oxygen atoms in total. The van der Waals surface area contributed by atoms with Crippen LogP contribution in [0.1, 0.15) is 68.8 Å². The van der Waals surface area contributed by atoms with Crippen LogP contribution >= 0.6 is 0 Å². The molecule has 0 aliphatic carbocycles. The van der Waals surface area contributed by atoms with Crippen LogP contribution in [0.2, 0.25) is 0 Å². The van der Waals surface area contributed by atoms with E-state index in [1.807, 2.05) is 29.2 Å². The number of rotatable bonds is 8. The van der Waals surface area contributed by atoms with E-state index >= 15 is 0 Å². The van der Waals surface area contributed by atoms with E-state index in [4.69, 9.17) is 5.11 Å². The molecule has 1 unspecified atom stereocenters. The van der Waals surface area contributed by atoms with E-state index in [1.54, 1.807) is 0 Å². The molecular formula is C21H32N2O3. The second-order valence-electron chi connectivity index (χ2n) is 7.43. The largest absolute Gasteiger partial charge is 0.481 e. The van der Waals surface area contributed by atoms with Crippen molar-refractivity contribution in [2.45, 2.75) is 71.5 Å². The fourth-order valence-corrected chi connectivity index (χ4v) is 3.67. The van der Waals surface area contributed by atoms with Gasteiger partial charge in [-0.3, -0.25) is 14.5 Å². The minimum atomic E-state index is -0.794. The molecule has 2 rings (SSSR count). The Balaban J connectivity index is 2.04. The van der Waals surface area contributed by atoms with E-state index in [0.717, 1.165) is 38.9 Å². The van der Waals surface area contributed by atoms with Gasteiger partial charge in [0.05, 0.1) is 0 Å². The van der Waals surface area contributed by atoms with Crippen LogP contribution < -0.4 is 0 Å². The fourth-order valence-electron chi connectivity index (χ4n) is 3.67. The number of amides is 1. The molecule has 26 heavy (non-hydrogen) atoms. The zero-order valence-corrected chi connectivity index (χ0v) is 16.3. The number of benzene rings is 1. The molecule has 0 saturated carbocycles. The lowest BCUT2D eigenvalue weighted by Crippen LogP contribution is -2.44. The van der Waals surface area contributed by atoms with Crippen molar-refractivity contribution in [2.24, 2.45) is 0 Å². The second kappa shape index (κ2) is 9.72. The highest BCUT2D eigenvalue weighted by Crippen LogP contribution is 2.23. The fraction of sp³-hybridized carbons (Fsp3) is 0.619. The highest BCUT2D eigenvalue weighted by atomic mass is 16.4. The molecule has 0 bridgehead atoms. The third kappa shape index (κ3) is 5.56. The summed E-state index contributed by atoms with van der Waals surface area (Å²) in [7, 11) is 0. The lowest BCUT2D eigenvalue weighted by atomic mass is 9.96. The summed E-state index contributed by atoms with van der Waals surface area (Å²) in [6.45, 7) is 9.14. The predicted octanol–water partition coefficient (Wildman–Crippen LogP) is 3.78. The molecule has 1 atom stereocenters. The predicted molar refractivity (Wildman–Crippen MR) is 103 cm³/mol. The van der Waals surface area contributed by atoms with Gasteiger partial charge in [0.2, 0.25) is 0 Å². The Morgan fingerprint density at radius 1 is 1.23 bits per heavy atom. The zero-order chi connectivity index (χ0) is 19.1. The Morgan fingerprint density at radius 2 is 1.92 bits per heavy atom. The van der Waals surface area contributed by atoms with E-state index in [1.165, 1.54) is 5.56 Å². The summed E-state index contributed by atoms with van der Waals surface area (Å²) in [6.07, 6.45) is 3.62. The van der Waals surface area contributed by atoms with Crippen molar-refractivity contribution in [1.82, 2.24) is 9.80 Å². The molecule has 1 aliphatic heterocycles. The first-order valence-corrected chi connectivity index (χ1v) is 9.78. The van der Waals surface area contributed by atoms with Crippen molar-refractivity contribution < 1.29 is 14.7 Å². The maximum Gasteiger partial charge on any atom is 0.303 e. The summed E-state index contributed by atoms with van der Waals surface area (Å²) in [5.41, 5.74) is 1.90. The van der Waals surface area contributed by atoms with Crippen molar-refractivity contribution in [1.29, 1.82) is 0 Å². The molecular weight excluding hydrogens is 328 g/mol. The van der Waals surface area contributed by atoms with Crippen LogP contribution in [0.25, 0.3) is 0 Å². The van der Waals surface area contributed by atoms with Gasteiger partial charge in [0.1, 0.15) is 0 Å². The molecule has 1 aromatic carbocycles. The van der Waals surface area contributed by atoms with Crippen LogP contribution in [0.15, 0.2) is 24.3 Å². The number of carboxylic acid groups (broad SMARTS) is 1. The molecule has 1 heterocycles. The van der Waals surface area contributed by atoms with Gasteiger partial charge < -0.3 is 10.0 Å². The smallest absolute Gasteiger partial charge is 0.303 e. The third-order valence-electron chi connectivity index (χ3n) is 5.30. The molecule has 1 aliphatic rings. The van der Waals surface area contributed by atoms with Gasteiger partial charge in [0.15, 0.2) is 0 Å². The third-order valence-corrected chi connectivity index (χ3v) is 5.30. The van der Waals surface area contributed by atoms with Gasteiger partial charge in [-0.15, -0.1) is 0 Å². The summed E-state index contributed by atoms with van der Waals surface area (Å²) in [5, 5.41) is 8.94. The zero-order valence-electron chi connectivity index (χ0n) is 16.3. The van der Waals surface area contributed by atoms with E-state index in [9.17, 15) is 9.59 Å². The number of piperidine rings is 1. The summed E-state index contributed by atoms with van der Waals surface area (Å²) in [6, 6.07) is 8.43. The Morgan fingerprint density at radius 3 is 2.50 bits per heavy atom. The first kappa shape index (κ1) is 20.4. The average molecular weight is 360 g/mol. The molecule has 1 aromatic rings. The Hall–Kier alpha value is -1.88. The van der Waals surface area contributed by atoms with Gasteiger partial charge >= 0.3 is 5.97 Å². The Bertz CT molecular complexity index is 598. The van der Waals surface area contributed by atoms with E-state index in [0.29, 0.717) is 18.0 Å². The van der Waals surface area contributed by atoms with E-state index < -0.39 is 5.97 Å². The normalized spacial score (nSPS) is 17.7. The van der Waals surface area contributed by atoms with Crippen LogP contribution in [0.4, 0.5) is 0 Å². The number of aliphatic carboxylic acids is 1. The average Bonchev–Trinajstić information content (AvgIpc) is 2.64. The van der Waals surface area contributed by atoms with Crippen LogP contribution in [0.3, 0.4) is 0 Å². The van der Waals surface area contributed by atoms with Crippen molar-refractivity contribution >= 4 is 11.9 Å². The highest BCUT2D eigenvalue weighted by molar-refractivity contribution is 5.94. The number of carbonyl (C=O) groups excluding carboxylic acids is 1. The minimum absolute atomic E-state index is 0.0304. The maximum atomic E-state index is 12.9. The lowest BCUT2D eigenvalue weighted by Gasteiger charge is -2.35. The number of likely N-dealkylation sites (tertiary alicyclic amines) is 1. The van der Waals surface area contributed by atoms with Crippen LogP contribution in [-0.4, -0.2) is 52.0 Å². The standard InChI is InChI=1S/C21H32N2O3/c1-4-22(16(2)3)15-17-8-10-18(11-9-17)21(26)23-14-6-5-7-19(23)12-13-20(24)25/h8-11,16,19H,4-7,12-15H2,1-3H3,(H,24,25). The van der Waals surface area contributed by atoms with Gasteiger partial charge in [-0.05, 0) is 63.8 Å². The monoisotopic (exact) mass is 360 g/mol. The molecule has 1 N–H and O–H groups in total. The molecule has 1 saturated heterocycles. The van der Waals surface area contributed by atoms with Crippen molar-refractivity contribution in [3.63, 3.8) is 0 Å². The first-order chi connectivity index (χ1) is 12.4. The van der Waals surface area contributed by atoms with Crippen molar-refractivity contribution in [3.8, 4) is 0 Å². The van der Waals surface area contributed by atoms with E-state index in [-0.39, 0.29) is 18.4 Å². The number of hydrogen-bond donors (Lipinski definition) is 1. The first-order valence-electron chi connectivity index (χ1n) is 9.78. The van der Waals surface area contributed by atoms with Crippen molar-refractivity contribution in [3.05, 3.63) is 35.4 Å². The molecule has 0 radical (unpaired) electrons. The molecule has 1 amide bonds. The number of carbonyl (C=O) groups is 2. The van der Waals surface area contributed by atoms with Gasteiger partial charge in [-0.25, -0.2) is 0 Å². The second-order valence-corrected chi connectivity index (χ2v) is 7.43. The summed E-state index contributed by atoms with van der Waals surface area (Å²) in [4.78, 5) is 28.1. The molecule has 144 valence electrons. The molecule has 1 fully saturated rings. The molecule has 5 heteroatoms. The topological polar surface area (TPSA) is 60.9 Å². The summed E-state index contributed by atoms with van der Waals surface area (Å²) < 4.78 is 0. The van der Waals surface area contributed by atoms with E-state index in [2.05, 4.69) is 25.7 Å². The number of nitrogens with zero attached hydrogens (tertiary/aromatic N) is 2. The maximum absolute atomic E-state index is 12.9. The quantitative estimate of drug-likeness (QED) is 0.766. The minimum Gasteiger partial charge on any atom is -0.481 e. The number of hydrogen-bond acceptors (Lipinski definition) is 3. The molecule has 0 spiro atoms. The highest BCUT2D eigenvalue weighted by Gasteiger charge is 2.27. The van der Waals surface area contributed by atoms with Gasteiger partial charge in [0, 0.05) is 37.2 Å². The summed E-state index contributed by atoms with van der Waals surface area (Å²) in [5.74, 6) is -0.763. The van der Waals surface area contributed by atoms with Gasteiger partial charge in [-0.1, -0.05) is 19.1 Å². The van der Waals surface area contributed by atoms with Crippen LogP contribution in [0, 0.1) is 0 Å². The molecule has 0 aromatic heterocycles. The summed E-state index contributed by atoms with van der Waals surface area (Å²) >= 11 is 0.